The second kappa shape index (κ2) is 10.1. The average Bonchev–Trinajstić information content (AvgIpc) is 2.57. The van der Waals surface area contributed by atoms with Crippen molar-refractivity contribution in [3.05, 3.63) is 34.2 Å². The molecule has 0 aliphatic carbocycles. The fraction of sp³-hybridized carbons (Fsp3) is 0.643. The maximum Gasteiger partial charge on any atom is 0.467 e. The average molecular weight is 530 g/mol. The van der Waals surface area contributed by atoms with Crippen molar-refractivity contribution in [1.82, 2.24) is 0 Å². The third-order valence-corrected chi connectivity index (χ3v) is 6.61. The highest BCUT2D eigenvalue weighted by Crippen LogP contribution is 2.47. The van der Waals surface area contributed by atoms with Gasteiger partial charge in [0, 0.05) is 18.1 Å². The molecule has 0 saturated heterocycles. The van der Waals surface area contributed by atoms with Crippen molar-refractivity contribution in [3.63, 3.8) is 0 Å². The highest BCUT2D eigenvalue weighted by Gasteiger charge is 2.68. The van der Waals surface area contributed by atoms with E-state index in [1.807, 2.05) is 0 Å². The molecule has 188 valence electrons. The summed E-state index contributed by atoms with van der Waals surface area (Å²) in [6.45, 7) is 5.50. The monoisotopic (exact) mass is 530 g/mol. The van der Waals surface area contributed by atoms with Gasteiger partial charge in [0.2, 0.25) is 0 Å². The Hall–Kier alpha value is -1.69. The number of hydrogen-bond acceptors (Lipinski definition) is 4. The first kappa shape index (κ1) is 30.3. The summed E-state index contributed by atoms with van der Waals surface area (Å²) in [5.41, 5.74) is 1.34. The van der Waals surface area contributed by atoms with E-state index in [0.717, 1.165) is 6.54 Å². The SMILES string of the molecule is CCCC[n+]1cccc(C)c1.O=S(=O)([N-]S(=O)(=O)C(F)(F)C(F)(F)F)C(F)(F)C(F)(F)F. The van der Waals surface area contributed by atoms with Crippen LogP contribution in [0.4, 0.5) is 43.9 Å². The van der Waals surface area contributed by atoms with Gasteiger partial charge in [-0.1, -0.05) is 13.3 Å². The van der Waals surface area contributed by atoms with Crippen molar-refractivity contribution in [2.24, 2.45) is 0 Å². The predicted molar refractivity (Wildman–Crippen MR) is 89.5 cm³/mol. The minimum atomic E-state index is -7.62. The number of sulfonamides is 2. The van der Waals surface area contributed by atoms with Crippen LogP contribution in [0, 0.1) is 6.92 Å². The zero-order valence-electron chi connectivity index (χ0n) is 16.1. The minimum absolute atomic E-state index is 0.422. The van der Waals surface area contributed by atoms with Gasteiger partial charge in [0.15, 0.2) is 32.4 Å². The first-order valence-corrected chi connectivity index (χ1v) is 11.0. The third kappa shape index (κ3) is 7.16. The lowest BCUT2D eigenvalue weighted by Crippen LogP contribution is -2.48. The van der Waals surface area contributed by atoms with Crippen LogP contribution in [0.15, 0.2) is 24.5 Å². The van der Waals surface area contributed by atoms with Gasteiger partial charge in [-0.05, 0) is 13.0 Å². The Kier molecular flexibility index (Phi) is 9.53. The fourth-order valence-electron chi connectivity index (χ4n) is 1.65. The van der Waals surface area contributed by atoms with E-state index in [0.29, 0.717) is 4.13 Å². The zero-order valence-corrected chi connectivity index (χ0v) is 17.7. The molecular formula is C14H16F10N2O4S2. The van der Waals surface area contributed by atoms with Gasteiger partial charge in [-0.15, -0.1) is 0 Å². The van der Waals surface area contributed by atoms with Crippen LogP contribution in [0.1, 0.15) is 25.3 Å². The lowest BCUT2D eigenvalue weighted by atomic mass is 10.3. The largest absolute Gasteiger partial charge is 0.467 e. The number of pyridine rings is 1. The van der Waals surface area contributed by atoms with Crippen LogP contribution in [-0.4, -0.2) is 39.7 Å². The van der Waals surface area contributed by atoms with Gasteiger partial charge >= 0.3 is 22.9 Å². The number of alkyl halides is 10. The van der Waals surface area contributed by atoms with Gasteiger partial charge in [0.25, 0.3) is 0 Å². The molecule has 1 aromatic rings. The van der Waals surface area contributed by atoms with Crippen LogP contribution in [0.5, 0.6) is 0 Å². The van der Waals surface area contributed by atoms with Gasteiger partial charge in [-0.25, -0.2) is 21.4 Å². The van der Waals surface area contributed by atoms with E-state index in [2.05, 4.69) is 42.9 Å². The van der Waals surface area contributed by atoms with E-state index in [-0.39, 0.29) is 0 Å². The highest BCUT2D eigenvalue weighted by atomic mass is 32.3. The number of aryl methyl sites for hydroxylation is 2. The molecule has 1 heterocycles. The van der Waals surface area contributed by atoms with Crippen molar-refractivity contribution < 1.29 is 65.3 Å². The fourth-order valence-corrected chi connectivity index (χ4v) is 4.02. The van der Waals surface area contributed by atoms with Crippen LogP contribution < -0.4 is 4.57 Å². The number of halogens is 10. The molecule has 0 unspecified atom stereocenters. The Labute approximate surface area is 176 Å². The quantitative estimate of drug-likeness (QED) is 0.386. The van der Waals surface area contributed by atoms with Crippen molar-refractivity contribution >= 4 is 20.0 Å². The second-order valence-corrected chi connectivity index (χ2v) is 9.55. The molecule has 0 fully saturated rings. The smallest absolute Gasteiger partial charge is 0.425 e. The standard InChI is InChI=1S/C10H16N.C4F10NO4S2/c1-3-4-7-11-8-5-6-10(2)9-11;5-1(6,7)3(11,12)20(16,17)15-21(18,19)4(13,14)2(8,9)10/h5-6,8-9H,3-4,7H2,1-2H3;/q+1;-1. The van der Waals surface area contributed by atoms with Gasteiger partial charge in [0.05, 0.1) is 0 Å². The molecule has 0 bridgehead atoms. The molecule has 32 heavy (non-hydrogen) atoms. The summed E-state index contributed by atoms with van der Waals surface area (Å²) in [6, 6.07) is 4.23. The Bertz CT molecular complexity index is 920. The topological polar surface area (TPSA) is 86.3 Å². The van der Waals surface area contributed by atoms with E-state index >= 15 is 0 Å². The van der Waals surface area contributed by atoms with Crippen molar-refractivity contribution in [3.8, 4) is 0 Å². The molecule has 0 N–H and O–H groups in total. The highest BCUT2D eigenvalue weighted by molar-refractivity contribution is 8.13. The number of aromatic nitrogens is 1. The minimum Gasteiger partial charge on any atom is -0.425 e. The lowest BCUT2D eigenvalue weighted by molar-refractivity contribution is -0.697. The van der Waals surface area contributed by atoms with Crippen LogP contribution in [-0.2, 0) is 26.6 Å². The van der Waals surface area contributed by atoms with Crippen molar-refractivity contribution in [1.29, 1.82) is 0 Å². The molecule has 6 nitrogen and oxygen atoms in total. The summed E-state index contributed by atoms with van der Waals surface area (Å²) in [7, 11) is -15.2. The summed E-state index contributed by atoms with van der Waals surface area (Å²) < 4.78 is 163. The summed E-state index contributed by atoms with van der Waals surface area (Å²) in [5, 5.41) is -14.0. The van der Waals surface area contributed by atoms with Gasteiger partial charge in [-0.3, -0.25) is 0 Å². The Morgan fingerprint density at radius 3 is 1.56 bits per heavy atom. The lowest BCUT2D eigenvalue weighted by Gasteiger charge is -2.31. The molecule has 0 spiro atoms. The summed E-state index contributed by atoms with van der Waals surface area (Å²) >= 11 is 0. The molecule has 0 aromatic carbocycles. The molecule has 0 radical (unpaired) electrons. The molecule has 0 aliphatic rings. The number of unbranched alkanes of at least 4 members (excludes halogenated alkanes) is 1. The molecule has 0 atom stereocenters. The Morgan fingerprint density at radius 1 is 0.844 bits per heavy atom. The van der Waals surface area contributed by atoms with Crippen LogP contribution in [0.3, 0.4) is 0 Å². The molecule has 1 rings (SSSR count). The molecule has 1 aromatic heterocycles. The van der Waals surface area contributed by atoms with E-state index < -0.39 is 42.9 Å². The van der Waals surface area contributed by atoms with E-state index in [1.165, 1.54) is 18.4 Å². The van der Waals surface area contributed by atoms with Gasteiger partial charge in [-0.2, -0.15) is 43.9 Å². The van der Waals surface area contributed by atoms with Gasteiger partial charge < -0.3 is 4.13 Å². The Balaban J connectivity index is 0.000000726. The molecule has 0 aliphatic heterocycles. The predicted octanol–water partition coefficient (Wildman–Crippen LogP) is 4.41. The van der Waals surface area contributed by atoms with E-state index in [1.54, 1.807) is 0 Å². The van der Waals surface area contributed by atoms with Crippen LogP contribution in [0.2, 0.25) is 0 Å². The number of hydrogen-bond donors (Lipinski definition) is 0. The normalized spacial score (nSPS) is 14.0. The van der Waals surface area contributed by atoms with Crippen molar-refractivity contribution in [2.75, 3.05) is 0 Å². The second-order valence-electron chi connectivity index (χ2n) is 6.03. The summed E-state index contributed by atoms with van der Waals surface area (Å²) in [5.74, 6) is 0. The zero-order chi connectivity index (χ0) is 25.8. The third-order valence-electron chi connectivity index (χ3n) is 3.28. The number of nitrogens with zero attached hydrogens (tertiary/aromatic N) is 2. The molecule has 0 saturated carbocycles. The van der Waals surface area contributed by atoms with E-state index in [4.69, 9.17) is 0 Å². The summed E-state index contributed by atoms with van der Waals surface area (Å²) in [4.78, 5) is 0. The molecular weight excluding hydrogens is 514 g/mol. The summed E-state index contributed by atoms with van der Waals surface area (Å²) in [6.07, 6.45) is -7.15. The maximum absolute atomic E-state index is 12.3. The Morgan fingerprint density at radius 2 is 1.25 bits per heavy atom. The maximum atomic E-state index is 12.3. The van der Waals surface area contributed by atoms with Gasteiger partial charge in [0.1, 0.15) is 6.54 Å². The van der Waals surface area contributed by atoms with Crippen LogP contribution in [0.25, 0.3) is 4.13 Å². The van der Waals surface area contributed by atoms with Crippen LogP contribution >= 0.6 is 0 Å². The first-order valence-electron chi connectivity index (χ1n) is 8.11. The van der Waals surface area contributed by atoms with E-state index in [9.17, 15) is 60.7 Å². The molecule has 18 heteroatoms. The van der Waals surface area contributed by atoms with Crippen molar-refractivity contribution in [2.45, 2.75) is 56.1 Å². The first-order chi connectivity index (χ1) is 14.0. The number of rotatable bonds is 7. The molecule has 0 amide bonds.